The number of rotatable bonds is 11. The van der Waals surface area contributed by atoms with E-state index in [1.54, 1.807) is 6.20 Å². The third kappa shape index (κ3) is 7.99. The van der Waals surface area contributed by atoms with Gasteiger partial charge in [0.15, 0.2) is 0 Å². The highest BCUT2D eigenvalue weighted by Gasteiger charge is 2.25. The molecule has 0 spiro atoms. The molecule has 40 heavy (non-hydrogen) atoms. The van der Waals surface area contributed by atoms with Gasteiger partial charge >= 0.3 is 0 Å². The standard InChI is InChI=1S/C32H39ClN6O/c1-23-19-35-21-28(33)30(23)32(40)38-16-14-25-10-12-26(13-11-25)22-39(18-17-36-24(2)20-34-3)29-9-5-4-7-27-8-6-15-37-31(27)29/h6,8,10-13,15,17,19-21,29,34H,4-5,7,9,14,16,18,22H2,1-3H3,(H,38,40)/b24-20-,36-17?. The SMILES string of the molecule is CN/C=C(/C)N=CCN(Cc1ccc(CCNC(=O)c2c(C)cncc2Cl)cc1)C1CCCCc2cccnc21. The maximum Gasteiger partial charge on any atom is 0.253 e. The predicted octanol–water partition coefficient (Wildman–Crippen LogP) is 5.83. The molecule has 2 heterocycles. The third-order valence-corrected chi connectivity index (χ3v) is 7.53. The molecule has 1 aliphatic rings. The Hall–Kier alpha value is -3.55. The van der Waals surface area contributed by atoms with Gasteiger partial charge in [0.05, 0.1) is 28.0 Å². The minimum atomic E-state index is -0.170. The van der Waals surface area contributed by atoms with Crippen molar-refractivity contribution >= 4 is 23.7 Å². The van der Waals surface area contributed by atoms with Crippen molar-refractivity contribution in [2.24, 2.45) is 4.99 Å². The Kier molecular flexibility index (Phi) is 10.8. The number of carbonyl (C=O) groups excluding carboxylic acids is 1. The molecule has 210 valence electrons. The molecule has 0 saturated heterocycles. The number of benzene rings is 1. The molecule has 2 aromatic heterocycles. The topological polar surface area (TPSA) is 82.5 Å². The Morgan fingerprint density at radius 1 is 1.18 bits per heavy atom. The number of aliphatic imine (C=N–C) groups is 1. The van der Waals surface area contributed by atoms with E-state index in [0.29, 0.717) is 17.1 Å². The van der Waals surface area contributed by atoms with Crippen LogP contribution in [0.3, 0.4) is 0 Å². The van der Waals surface area contributed by atoms with E-state index in [4.69, 9.17) is 16.6 Å². The fourth-order valence-electron chi connectivity index (χ4n) is 5.22. The number of nitrogens with zero attached hydrogens (tertiary/aromatic N) is 4. The summed E-state index contributed by atoms with van der Waals surface area (Å²) in [5, 5.41) is 6.40. The molecule has 1 aliphatic carbocycles. The molecule has 1 aromatic carbocycles. The Morgan fingerprint density at radius 3 is 2.75 bits per heavy atom. The first-order chi connectivity index (χ1) is 19.5. The fraction of sp³-hybridized carbons (Fsp3) is 0.375. The second kappa shape index (κ2) is 14.7. The first kappa shape index (κ1) is 29.4. The van der Waals surface area contributed by atoms with Crippen LogP contribution in [0.1, 0.15) is 70.5 Å². The zero-order chi connectivity index (χ0) is 28.3. The van der Waals surface area contributed by atoms with Gasteiger partial charge < -0.3 is 10.6 Å². The maximum atomic E-state index is 12.6. The quantitative estimate of drug-likeness (QED) is 0.228. The van der Waals surface area contributed by atoms with Gasteiger partial charge in [0.25, 0.3) is 5.91 Å². The van der Waals surface area contributed by atoms with Crippen LogP contribution in [-0.2, 0) is 19.4 Å². The van der Waals surface area contributed by atoms with E-state index >= 15 is 0 Å². The Labute approximate surface area is 242 Å². The molecule has 3 aromatic rings. The van der Waals surface area contributed by atoms with Gasteiger partial charge in [-0.05, 0) is 67.9 Å². The molecule has 0 saturated carbocycles. The van der Waals surface area contributed by atoms with Crippen molar-refractivity contribution in [3.8, 4) is 0 Å². The van der Waals surface area contributed by atoms with Crippen LogP contribution in [0.15, 0.2) is 71.9 Å². The van der Waals surface area contributed by atoms with Crippen LogP contribution in [0.4, 0.5) is 0 Å². The van der Waals surface area contributed by atoms with Gasteiger partial charge in [-0.25, -0.2) is 0 Å². The van der Waals surface area contributed by atoms with Crippen LogP contribution in [0.5, 0.6) is 0 Å². The molecule has 0 radical (unpaired) electrons. The minimum absolute atomic E-state index is 0.170. The van der Waals surface area contributed by atoms with Crippen molar-refractivity contribution in [1.82, 2.24) is 25.5 Å². The first-order valence-electron chi connectivity index (χ1n) is 14.0. The summed E-state index contributed by atoms with van der Waals surface area (Å²) in [6.45, 7) is 5.90. The summed E-state index contributed by atoms with van der Waals surface area (Å²) in [6, 6.07) is 13.2. The van der Waals surface area contributed by atoms with E-state index in [0.717, 1.165) is 43.6 Å². The summed E-state index contributed by atoms with van der Waals surface area (Å²) >= 11 is 6.19. The van der Waals surface area contributed by atoms with Gasteiger partial charge in [0.1, 0.15) is 0 Å². The minimum Gasteiger partial charge on any atom is -0.393 e. The highest BCUT2D eigenvalue weighted by molar-refractivity contribution is 6.33. The molecule has 8 heteroatoms. The number of amides is 1. The number of carbonyl (C=O) groups is 1. The van der Waals surface area contributed by atoms with Gasteiger partial charge in [-0.2, -0.15) is 0 Å². The highest BCUT2D eigenvalue weighted by atomic mass is 35.5. The van der Waals surface area contributed by atoms with Crippen LogP contribution >= 0.6 is 11.6 Å². The van der Waals surface area contributed by atoms with Crippen molar-refractivity contribution < 1.29 is 4.79 Å². The Balaban J connectivity index is 1.43. The number of aryl methyl sites for hydroxylation is 2. The zero-order valence-electron chi connectivity index (χ0n) is 23.7. The normalized spacial score (nSPS) is 15.6. The number of halogens is 1. The number of fused-ring (bicyclic) bond motifs is 1. The second-order valence-electron chi connectivity index (χ2n) is 10.3. The summed E-state index contributed by atoms with van der Waals surface area (Å²) in [5.74, 6) is -0.170. The molecule has 0 bridgehead atoms. The summed E-state index contributed by atoms with van der Waals surface area (Å²) in [7, 11) is 1.88. The van der Waals surface area contributed by atoms with Crippen molar-refractivity contribution in [3.63, 3.8) is 0 Å². The van der Waals surface area contributed by atoms with Crippen molar-refractivity contribution in [1.29, 1.82) is 0 Å². The Morgan fingerprint density at radius 2 is 1.98 bits per heavy atom. The molecular formula is C32H39ClN6O. The predicted molar refractivity (Wildman–Crippen MR) is 163 cm³/mol. The van der Waals surface area contributed by atoms with Crippen LogP contribution in [-0.4, -0.2) is 47.1 Å². The molecular weight excluding hydrogens is 520 g/mol. The highest BCUT2D eigenvalue weighted by Crippen LogP contribution is 2.32. The van der Waals surface area contributed by atoms with E-state index in [2.05, 4.69) is 55.8 Å². The number of hydrogen-bond donors (Lipinski definition) is 2. The van der Waals surface area contributed by atoms with Crippen LogP contribution in [0, 0.1) is 6.92 Å². The molecule has 1 atom stereocenters. The van der Waals surface area contributed by atoms with Gasteiger partial charge in [-0.15, -0.1) is 0 Å². The molecule has 1 amide bonds. The van der Waals surface area contributed by atoms with Gasteiger partial charge in [-0.1, -0.05) is 48.4 Å². The smallest absolute Gasteiger partial charge is 0.253 e. The van der Waals surface area contributed by atoms with Gasteiger partial charge in [0, 0.05) is 57.7 Å². The van der Waals surface area contributed by atoms with E-state index < -0.39 is 0 Å². The summed E-state index contributed by atoms with van der Waals surface area (Å²) in [5.41, 5.74) is 7.17. The lowest BCUT2D eigenvalue weighted by atomic mass is 10.0. The number of hydrogen-bond acceptors (Lipinski definition) is 6. The lowest BCUT2D eigenvalue weighted by Crippen LogP contribution is -2.31. The van der Waals surface area contributed by atoms with Crippen LogP contribution in [0.2, 0.25) is 5.02 Å². The molecule has 0 aliphatic heterocycles. The first-order valence-corrected chi connectivity index (χ1v) is 14.3. The second-order valence-corrected chi connectivity index (χ2v) is 10.7. The molecule has 0 fully saturated rings. The largest absolute Gasteiger partial charge is 0.393 e. The third-order valence-electron chi connectivity index (χ3n) is 7.24. The summed E-state index contributed by atoms with van der Waals surface area (Å²) in [6.07, 6.45) is 14.3. The zero-order valence-corrected chi connectivity index (χ0v) is 24.4. The number of nitrogens with one attached hydrogen (secondary N) is 2. The Bertz CT molecular complexity index is 1320. The van der Waals surface area contributed by atoms with E-state index in [9.17, 15) is 4.79 Å². The number of allylic oxidation sites excluding steroid dienone is 1. The molecule has 4 rings (SSSR count). The average Bonchev–Trinajstić information content (AvgIpc) is 3.16. The van der Waals surface area contributed by atoms with Gasteiger partial charge in [0.2, 0.25) is 0 Å². The van der Waals surface area contributed by atoms with E-state index in [-0.39, 0.29) is 11.9 Å². The van der Waals surface area contributed by atoms with E-state index in [1.165, 1.54) is 41.4 Å². The fourth-order valence-corrected chi connectivity index (χ4v) is 5.51. The molecule has 1 unspecified atom stereocenters. The average molecular weight is 559 g/mol. The van der Waals surface area contributed by atoms with Crippen molar-refractivity contribution in [2.45, 2.75) is 58.5 Å². The van der Waals surface area contributed by atoms with Crippen LogP contribution in [0.25, 0.3) is 0 Å². The summed E-state index contributed by atoms with van der Waals surface area (Å²) < 4.78 is 0. The lowest BCUT2D eigenvalue weighted by molar-refractivity contribution is 0.0953. The number of pyridine rings is 2. The van der Waals surface area contributed by atoms with E-state index in [1.807, 2.05) is 45.6 Å². The van der Waals surface area contributed by atoms with Crippen molar-refractivity contribution in [3.05, 3.63) is 105 Å². The monoisotopic (exact) mass is 558 g/mol. The molecule has 2 N–H and O–H groups in total. The number of aromatic nitrogens is 2. The van der Waals surface area contributed by atoms with Crippen molar-refractivity contribution in [2.75, 3.05) is 20.1 Å². The van der Waals surface area contributed by atoms with Gasteiger partial charge in [-0.3, -0.25) is 24.7 Å². The summed E-state index contributed by atoms with van der Waals surface area (Å²) in [4.78, 5) is 28.6. The maximum absolute atomic E-state index is 12.6. The molecule has 7 nitrogen and oxygen atoms in total. The lowest BCUT2D eigenvalue weighted by Gasteiger charge is -2.30. The van der Waals surface area contributed by atoms with Crippen LogP contribution < -0.4 is 10.6 Å².